The van der Waals surface area contributed by atoms with Gasteiger partial charge in [0.25, 0.3) is 0 Å². The molecule has 0 fully saturated rings. The minimum atomic E-state index is 0.427. The van der Waals surface area contributed by atoms with E-state index in [2.05, 4.69) is 10.2 Å². The zero-order chi connectivity index (χ0) is 10.5. The molecule has 0 saturated heterocycles. The summed E-state index contributed by atoms with van der Waals surface area (Å²) < 4.78 is 5.39. The second-order valence-electron chi connectivity index (χ2n) is 2.85. The van der Waals surface area contributed by atoms with Gasteiger partial charge in [-0.15, -0.1) is 5.10 Å². The Morgan fingerprint density at radius 1 is 1.13 bits per heavy atom. The van der Waals surface area contributed by atoms with Crippen LogP contribution < -0.4 is 4.74 Å². The molecule has 0 spiro atoms. The van der Waals surface area contributed by atoms with Crippen LogP contribution in [0.4, 0.5) is 0 Å². The van der Waals surface area contributed by atoms with Crippen LogP contribution in [0.5, 0.6) is 11.6 Å². The highest BCUT2D eigenvalue weighted by Gasteiger charge is 1.97. The molecule has 0 saturated carbocycles. The lowest BCUT2D eigenvalue weighted by Gasteiger charge is -2.02. The largest absolute Gasteiger partial charge is 0.438 e. The molecule has 4 nitrogen and oxygen atoms in total. The number of nitrogens with zero attached hydrogens (tertiary/aromatic N) is 2. The maximum Gasteiger partial charge on any atom is 0.238 e. The van der Waals surface area contributed by atoms with Gasteiger partial charge in [0, 0.05) is 17.8 Å². The summed E-state index contributed by atoms with van der Waals surface area (Å²) in [6.07, 6.45) is 2.36. The Morgan fingerprint density at radius 3 is 2.53 bits per heavy atom. The molecule has 0 aliphatic carbocycles. The summed E-state index contributed by atoms with van der Waals surface area (Å²) in [7, 11) is 0. The molecule has 0 bridgehead atoms. The van der Waals surface area contributed by atoms with Crippen LogP contribution in [0.25, 0.3) is 0 Å². The van der Waals surface area contributed by atoms with Gasteiger partial charge in [0.15, 0.2) is 0 Å². The molecule has 0 atom stereocenters. The number of hydrogen-bond donors (Lipinski definition) is 0. The zero-order valence-corrected chi connectivity index (χ0v) is 7.83. The number of aromatic nitrogens is 2. The molecule has 1 heterocycles. The van der Waals surface area contributed by atoms with Crippen molar-refractivity contribution in [2.45, 2.75) is 0 Å². The Balaban J connectivity index is 2.15. The normalized spacial score (nSPS) is 9.60. The van der Waals surface area contributed by atoms with E-state index in [0.717, 1.165) is 6.29 Å². The Morgan fingerprint density at radius 2 is 1.93 bits per heavy atom. The van der Waals surface area contributed by atoms with Crippen LogP contribution in [0, 0.1) is 0 Å². The Labute approximate surface area is 86.5 Å². The first-order chi connectivity index (χ1) is 7.38. The standard InChI is InChI=1S/C11H8N2O2/c14-8-9-3-5-10(6-4-9)15-11-2-1-7-12-13-11/h1-8H. The van der Waals surface area contributed by atoms with Crippen molar-refractivity contribution in [1.82, 2.24) is 10.2 Å². The number of carbonyl (C=O) groups excluding carboxylic acids is 1. The molecule has 0 aliphatic heterocycles. The van der Waals surface area contributed by atoms with Crippen LogP contribution in [-0.2, 0) is 0 Å². The van der Waals surface area contributed by atoms with Gasteiger partial charge in [-0.3, -0.25) is 4.79 Å². The lowest BCUT2D eigenvalue weighted by Crippen LogP contribution is -1.89. The van der Waals surface area contributed by atoms with Gasteiger partial charge in [0.05, 0.1) is 0 Å². The lowest BCUT2D eigenvalue weighted by atomic mass is 10.2. The number of aldehydes is 1. The van der Waals surface area contributed by atoms with Crippen LogP contribution in [-0.4, -0.2) is 16.5 Å². The van der Waals surface area contributed by atoms with E-state index in [1.807, 2.05) is 0 Å². The summed E-state index contributed by atoms with van der Waals surface area (Å²) in [4.78, 5) is 10.4. The van der Waals surface area contributed by atoms with Gasteiger partial charge in [-0.05, 0) is 30.3 Å². The number of rotatable bonds is 3. The molecule has 4 heteroatoms. The van der Waals surface area contributed by atoms with E-state index in [9.17, 15) is 4.79 Å². The molecule has 74 valence electrons. The van der Waals surface area contributed by atoms with Crippen molar-refractivity contribution in [3.63, 3.8) is 0 Å². The minimum Gasteiger partial charge on any atom is -0.438 e. The Bertz CT molecular complexity index is 440. The lowest BCUT2D eigenvalue weighted by molar-refractivity contribution is 0.112. The maximum atomic E-state index is 10.4. The van der Waals surface area contributed by atoms with E-state index in [1.54, 1.807) is 42.6 Å². The molecule has 0 radical (unpaired) electrons. The quantitative estimate of drug-likeness (QED) is 0.712. The number of hydrogen-bond acceptors (Lipinski definition) is 4. The summed E-state index contributed by atoms with van der Waals surface area (Å²) in [5, 5.41) is 7.46. The molecule has 1 aromatic carbocycles. The second-order valence-corrected chi connectivity index (χ2v) is 2.85. The fraction of sp³-hybridized carbons (Fsp3) is 0. The van der Waals surface area contributed by atoms with E-state index in [4.69, 9.17) is 4.74 Å². The SMILES string of the molecule is O=Cc1ccc(Oc2cccnn2)cc1. The maximum absolute atomic E-state index is 10.4. The van der Waals surface area contributed by atoms with E-state index in [0.29, 0.717) is 17.2 Å². The van der Waals surface area contributed by atoms with Gasteiger partial charge < -0.3 is 4.74 Å². The summed E-state index contributed by atoms with van der Waals surface area (Å²) in [6, 6.07) is 10.2. The van der Waals surface area contributed by atoms with Crippen LogP contribution in [0.1, 0.15) is 10.4 Å². The fourth-order valence-corrected chi connectivity index (χ4v) is 1.08. The summed E-state index contributed by atoms with van der Waals surface area (Å²) in [5.74, 6) is 1.05. The predicted octanol–water partition coefficient (Wildman–Crippen LogP) is 2.08. The monoisotopic (exact) mass is 200 g/mol. The van der Waals surface area contributed by atoms with Crippen molar-refractivity contribution >= 4 is 6.29 Å². The zero-order valence-electron chi connectivity index (χ0n) is 7.83. The van der Waals surface area contributed by atoms with Gasteiger partial charge in [0.2, 0.25) is 5.88 Å². The number of carbonyl (C=O) groups is 1. The molecular weight excluding hydrogens is 192 g/mol. The van der Waals surface area contributed by atoms with E-state index in [-0.39, 0.29) is 0 Å². The number of ether oxygens (including phenoxy) is 1. The number of benzene rings is 1. The molecule has 1 aromatic heterocycles. The smallest absolute Gasteiger partial charge is 0.238 e. The highest BCUT2D eigenvalue weighted by atomic mass is 16.5. The molecule has 2 aromatic rings. The Hall–Kier alpha value is -2.23. The Kier molecular flexibility index (Phi) is 2.69. The van der Waals surface area contributed by atoms with Crippen molar-refractivity contribution < 1.29 is 9.53 Å². The first-order valence-electron chi connectivity index (χ1n) is 4.39. The summed E-state index contributed by atoms with van der Waals surface area (Å²) in [5.41, 5.74) is 0.612. The fourth-order valence-electron chi connectivity index (χ4n) is 1.08. The molecule has 0 amide bonds. The van der Waals surface area contributed by atoms with Crippen molar-refractivity contribution in [1.29, 1.82) is 0 Å². The highest BCUT2D eigenvalue weighted by molar-refractivity contribution is 5.74. The van der Waals surface area contributed by atoms with E-state index < -0.39 is 0 Å². The molecule has 0 aliphatic rings. The van der Waals surface area contributed by atoms with Crippen molar-refractivity contribution in [3.8, 4) is 11.6 Å². The first kappa shape index (κ1) is 9.33. The van der Waals surface area contributed by atoms with Crippen LogP contribution in [0.15, 0.2) is 42.6 Å². The minimum absolute atomic E-state index is 0.427. The third-order valence-corrected chi connectivity index (χ3v) is 1.79. The average molecular weight is 200 g/mol. The van der Waals surface area contributed by atoms with Crippen molar-refractivity contribution in [3.05, 3.63) is 48.2 Å². The molecule has 0 unspecified atom stereocenters. The van der Waals surface area contributed by atoms with E-state index in [1.165, 1.54) is 0 Å². The van der Waals surface area contributed by atoms with Crippen LogP contribution in [0.2, 0.25) is 0 Å². The third kappa shape index (κ3) is 2.37. The van der Waals surface area contributed by atoms with Crippen LogP contribution >= 0.6 is 0 Å². The van der Waals surface area contributed by atoms with Crippen molar-refractivity contribution in [2.75, 3.05) is 0 Å². The van der Waals surface area contributed by atoms with Gasteiger partial charge in [-0.1, -0.05) is 0 Å². The molecule has 0 N–H and O–H groups in total. The van der Waals surface area contributed by atoms with Gasteiger partial charge in [-0.2, -0.15) is 5.10 Å². The summed E-state index contributed by atoms with van der Waals surface area (Å²) in [6.45, 7) is 0. The van der Waals surface area contributed by atoms with Gasteiger partial charge in [-0.25, -0.2) is 0 Å². The molecular formula is C11H8N2O2. The van der Waals surface area contributed by atoms with Gasteiger partial charge >= 0.3 is 0 Å². The average Bonchev–Trinajstić information content (AvgIpc) is 2.31. The van der Waals surface area contributed by atoms with Crippen molar-refractivity contribution in [2.24, 2.45) is 0 Å². The summed E-state index contributed by atoms with van der Waals surface area (Å²) >= 11 is 0. The van der Waals surface area contributed by atoms with Crippen LogP contribution in [0.3, 0.4) is 0 Å². The predicted molar refractivity (Wildman–Crippen MR) is 53.9 cm³/mol. The first-order valence-corrected chi connectivity index (χ1v) is 4.39. The highest BCUT2D eigenvalue weighted by Crippen LogP contribution is 2.17. The van der Waals surface area contributed by atoms with E-state index >= 15 is 0 Å². The van der Waals surface area contributed by atoms with Gasteiger partial charge in [0.1, 0.15) is 12.0 Å². The third-order valence-electron chi connectivity index (χ3n) is 1.79. The topological polar surface area (TPSA) is 52.1 Å². The molecule has 2 rings (SSSR count). The molecule has 15 heavy (non-hydrogen) atoms. The second kappa shape index (κ2) is 4.32.